The third kappa shape index (κ3) is 3.17. The maximum atomic E-state index is 11.5. The number of aryl methyl sites for hydroxylation is 1. The van der Waals surface area contributed by atoms with Crippen LogP contribution in [0.5, 0.6) is 0 Å². The van der Waals surface area contributed by atoms with E-state index < -0.39 is 11.9 Å². The zero-order valence-electron chi connectivity index (χ0n) is 15.2. The molecule has 0 bridgehead atoms. The van der Waals surface area contributed by atoms with E-state index in [1.165, 1.54) is 12.4 Å². The number of nitrogens with zero attached hydrogens (tertiary/aromatic N) is 7. The number of aromatic nitrogens is 5. The van der Waals surface area contributed by atoms with Crippen LogP contribution in [0.3, 0.4) is 0 Å². The fourth-order valence-electron chi connectivity index (χ4n) is 3.17. The summed E-state index contributed by atoms with van der Waals surface area (Å²) in [6.45, 7) is 4.21. The van der Waals surface area contributed by atoms with E-state index in [0.29, 0.717) is 43.3 Å². The molecule has 3 aromatic heterocycles. The number of amides is 3. The van der Waals surface area contributed by atoms with Crippen LogP contribution in [0.15, 0.2) is 24.7 Å². The summed E-state index contributed by atoms with van der Waals surface area (Å²) in [6, 6.07) is 1.48. The lowest BCUT2D eigenvalue weighted by Crippen LogP contribution is -2.50. The standard InChI is InChI=1S/C17H19N9O2/c1-10-6-13(24-2-4-25(5-3-24)17(19)28)23-16(22-10)12-7-21-14-8-20-11(15(18)27)9-26(12)14/h6-9H,2-5H2,1H3,(H2,18,27)(H2,19,28). The summed E-state index contributed by atoms with van der Waals surface area (Å²) in [6.07, 6.45) is 4.63. The molecule has 0 radical (unpaired) electrons. The number of fused-ring (bicyclic) bond motifs is 1. The molecule has 28 heavy (non-hydrogen) atoms. The van der Waals surface area contributed by atoms with Gasteiger partial charge in [-0.15, -0.1) is 0 Å². The number of urea groups is 1. The van der Waals surface area contributed by atoms with Crippen molar-refractivity contribution in [2.45, 2.75) is 6.92 Å². The van der Waals surface area contributed by atoms with E-state index in [9.17, 15) is 9.59 Å². The molecule has 3 aromatic rings. The summed E-state index contributed by atoms with van der Waals surface area (Å²) in [7, 11) is 0. The van der Waals surface area contributed by atoms with Gasteiger partial charge in [0.2, 0.25) is 0 Å². The number of hydrogen-bond donors (Lipinski definition) is 2. The van der Waals surface area contributed by atoms with Crippen molar-refractivity contribution in [3.8, 4) is 11.5 Å². The van der Waals surface area contributed by atoms with Gasteiger partial charge < -0.3 is 21.3 Å². The van der Waals surface area contributed by atoms with Crippen LogP contribution >= 0.6 is 0 Å². The minimum atomic E-state index is -0.625. The lowest BCUT2D eigenvalue weighted by Gasteiger charge is -2.34. The van der Waals surface area contributed by atoms with E-state index in [1.54, 1.807) is 15.5 Å². The zero-order valence-corrected chi connectivity index (χ0v) is 15.2. The van der Waals surface area contributed by atoms with Gasteiger partial charge in [-0.1, -0.05) is 0 Å². The van der Waals surface area contributed by atoms with Crippen LogP contribution in [0.25, 0.3) is 17.2 Å². The number of rotatable bonds is 3. The lowest BCUT2D eigenvalue weighted by atomic mass is 10.3. The van der Waals surface area contributed by atoms with Gasteiger partial charge in [0.1, 0.15) is 17.2 Å². The number of piperazine rings is 1. The largest absolute Gasteiger partial charge is 0.364 e. The molecular weight excluding hydrogens is 362 g/mol. The normalized spacial score (nSPS) is 14.5. The molecule has 3 amide bonds. The Bertz CT molecular complexity index is 1070. The monoisotopic (exact) mass is 381 g/mol. The Labute approximate surface area is 160 Å². The van der Waals surface area contributed by atoms with Crippen molar-refractivity contribution in [3.05, 3.63) is 36.0 Å². The molecule has 4 rings (SSSR count). The second-order valence-corrected chi connectivity index (χ2v) is 6.51. The Morgan fingerprint density at radius 2 is 1.79 bits per heavy atom. The maximum Gasteiger partial charge on any atom is 0.314 e. The Morgan fingerprint density at radius 3 is 2.46 bits per heavy atom. The van der Waals surface area contributed by atoms with Gasteiger partial charge in [-0.2, -0.15) is 0 Å². The number of carbonyl (C=O) groups excluding carboxylic acids is 2. The van der Waals surface area contributed by atoms with Gasteiger partial charge in [0.05, 0.1) is 12.4 Å². The highest BCUT2D eigenvalue weighted by molar-refractivity contribution is 5.90. The van der Waals surface area contributed by atoms with Crippen molar-refractivity contribution >= 4 is 23.4 Å². The van der Waals surface area contributed by atoms with E-state index in [4.69, 9.17) is 11.5 Å². The summed E-state index contributed by atoms with van der Waals surface area (Å²) in [5.41, 5.74) is 12.8. The van der Waals surface area contributed by atoms with Gasteiger partial charge in [-0.25, -0.2) is 24.7 Å². The minimum absolute atomic E-state index is 0.127. The summed E-state index contributed by atoms with van der Waals surface area (Å²) in [5.74, 6) is 0.604. The lowest BCUT2D eigenvalue weighted by molar-refractivity contribution is 0.0995. The molecule has 0 unspecified atom stereocenters. The quantitative estimate of drug-likeness (QED) is 0.638. The molecule has 4 heterocycles. The molecule has 0 spiro atoms. The first-order chi connectivity index (χ1) is 13.4. The van der Waals surface area contributed by atoms with Gasteiger partial charge in [-0.3, -0.25) is 9.20 Å². The van der Waals surface area contributed by atoms with E-state index >= 15 is 0 Å². The Kier molecular flexibility index (Phi) is 4.26. The molecule has 0 saturated carbocycles. The van der Waals surface area contributed by atoms with Crippen molar-refractivity contribution in [1.29, 1.82) is 0 Å². The van der Waals surface area contributed by atoms with Gasteiger partial charge in [-0.05, 0) is 6.92 Å². The first kappa shape index (κ1) is 17.6. The van der Waals surface area contributed by atoms with Gasteiger partial charge in [0, 0.05) is 44.1 Å². The fourth-order valence-corrected chi connectivity index (χ4v) is 3.17. The highest BCUT2D eigenvalue weighted by atomic mass is 16.2. The highest BCUT2D eigenvalue weighted by Gasteiger charge is 2.21. The molecule has 4 N–H and O–H groups in total. The molecule has 11 nitrogen and oxygen atoms in total. The number of carbonyl (C=O) groups is 2. The molecule has 1 saturated heterocycles. The predicted molar refractivity (Wildman–Crippen MR) is 101 cm³/mol. The number of primary amides is 2. The summed E-state index contributed by atoms with van der Waals surface area (Å²) < 4.78 is 1.69. The van der Waals surface area contributed by atoms with Crippen molar-refractivity contribution in [2.75, 3.05) is 31.1 Å². The number of anilines is 1. The molecule has 1 aliphatic rings. The van der Waals surface area contributed by atoms with Gasteiger partial charge in [0.15, 0.2) is 11.5 Å². The first-order valence-electron chi connectivity index (χ1n) is 8.70. The Balaban J connectivity index is 1.70. The summed E-state index contributed by atoms with van der Waals surface area (Å²) in [5, 5.41) is 0. The van der Waals surface area contributed by atoms with Crippen molar-refractivity contribution < 1.29 is 9.59 Å². The maximum absolute atomic E-state index is 11.5. The van der Waals surface area contributed by atoms with E-state index in [1.807, 2.05) is 13.0 Å². The summed E-state index contributed by atoms with van der Waals surface area (Å²) in [4.78, 5) is 43.9. The molecule has 0 atom stereocenters. The molecule has 1 fully saturated rings. The first-order valence-corrected chi connectivity index (χ1v) is 8.70. The van der Waals surface area contributed by atoms with Crippen molar-refractivity contribution in [1.82, 2.24) is 29.2 Å². The van der Waals surface area contributed by atoms with Gasteiger partial charge >= 0.3 is 6.03 Å². The van der Waals surface area contributed by atoms with E-state index in [-0.39, 0.29) is 5.69 Å². The molecule has 144 valence electrons. The molecule has 0 aromatic carbocycles. The molecular formula is C17H19N9O2. The zero-order chi connectivity index (χ0) is 19.8. The minimum Gasteiger partial charge on any atom is -0.364 e. The van der Waals surface area contributed by atoms with Crippen LogP contribution in [-0.2, 0) is 0 Å². The van der Waals surface area contributed by atoms with Crippen LogP contribution in [-0.4, -0.2) is 67.4 Å². The SMILES string of the molecule is Cc1cc(N2CCN(C(N)=O)CC2)nc(-c2cnc3cnc(C(N)=O)cn23)n1. The molecule has 1 aliphatic heterocycles. The Hall–Kier alpha value is -3.76. The average molecular weight is 381 g/mol. The summed E-state index contributed by atoms with van der Waals surface area (Å²) >= 11 is 0. The van der Waals surface area contributed by atoms with Crippen LogP contribution in [0.4, 0.5) is 10.6 Å². The smallest absolute Gasteiger partial charge is 0.314 e. The van der Waals surface area contributed by atoms with Crippen LogP contribution in [0.2, 0.25) is 0 Å². The topological polar surface area (TPSA) is 149 Å². The van der Waals surface area contributed by atoms with Crippen LogP contribution < -0.4 is 16.4 Å². The number of hydrogen-bond acceptors (Lipinski definition) is 7. The second kappa shape index (κ2) is 6.76. The Morgan fingerprint density at radius 1 is 1.04 bits per heavy atom. The number of nitrogens with two attached hydrogens (primary N) is 2. The third-order valence-electron chi connectivity index (χ3n) is 4.63. The predicted octanol–water partition coefficient (Wildman–Crippen LogP) is -0.206. The van der Waals surface area contributed by atoms with Crippen molar-refractivity contribution in [3.63, 3.8) is 0 Å². The van der Waals surface area contributed by atoms with Crippen molar-refractivity contribution in [2.24, 2.45) is 11.5 Å². The van der Waals surface area contributed by atoms with Crippen LogP contribution in [0.1, 0.15) is 16.2 Å². The molecule has 0 aliphatic carbocycles. The second-order valence-electron chi connectivity index (χ2n) is 6.51. The van der Waals surface area contributed by atoms with E-state index in [0.717, 1.165) is 11.5 Å². The van der Waals surface area contributed by atoms with E-state index in [2.05, 4.69) is 24.8 Å². The average Bonchev–Trinajstić information content (AvgIpc) is 3.10. The van der Waals surface area contributed by atoms with Crippen LogP contribution in [0, 0.1) is 6.92 Å². The molecule has 11 heteroatoms. The van der Waals surface area contributed by atoms with Gasteiger partial charge in [0.25, 0.3) is 5.91 Å². The highest BCUT2D eigenvalue weighted by Crippen LogP contribution is 2.22. The third-order valence-corrected chi connectivity index (χ3v) is 4.63. The number of imidazole rings is 1. The fraction of sp³-hybridized carbons (Fsp3) is 0.294.